The zero-order valence-corrected chi connectivity index (χ0v) is 14.0. The molecule has 19 heavy (non-hydrogen) atoms. The Balaban J connectivity index is 1.98. The van der Waals surface area contributed by atoms with Crippen molar-refractivity contribution in [2.45, 2.75) is 39.9 Å². The molecule has 1 atom stereocenters. The van der Waals surface area contributed by atoms with Crippen LogP contribution in [0.1, 0.15) is 26.3 Å². The predicted octanol–water partition coefficient (Wildman–Crippen LogP) is 3.91. The monoisotopic (exact) mass is 341 g/mol. The third-order valence-corrected chi connectivity index (χ3v) is 4.73. The van der Waals surface area contributed by atoms with Gasteiger partial charge in [-0.2, -0.15) is 0 Å². The maximum atomic E-state index is 4.11. The van der Waals surface area contributed by atoms with Crippen LogP contribution < -0.4 is 5.32 Å². The average Bonchev–Trinajstić information content (AvgIpc) is 2.94. The largest absolute Gasteiger partial charge is 0.336 e. The molecule has 0 amide bonds. The average molecular weight is 342 g/mol. The van der Waals surface area contributed by atoms with E-state index in [2.05, 4.69) is 63.0 Å². The van der Waals surface area contributed by atoms with Crippen LogP contribution >= 0.6 is 27.3 Å². The number of aromatic nitrogens is 2. The van der Waals surface area contributed by atoms with Crippen molar-refractivity contribution < 1.29 is 0 Å². The number of nitrogens with one attached hydrogen (secondary N) is 1. The van der Waals surface area contributed by atoms with Crippen molar-refractivity contribution in [2.75, 3.05) is 0 Å². The number of imidazole rings is 1. The summed E-state index contributed by atoms with van der Waals surface area (Å²) in [5.41, 5.74) is 1.54. The van der Waals surface area contributed by atoms with E-state index in [1.54, 1.807) is 11.3 Å². The fourth-order valence-electron chi connectivity index (χ4n) is 1.93. The summed E-state index contributed by atoms with van der Waals surface area (Å²) in [6.45, 7) is 8.65. The lowest BCUT2D eigenvalue weighted by Crippen LogP contribution is -2.42. The molecule has 0 saturated heterocycles. The Kier molecular flexibility index (Phi) is 4.81. The molecule has 0 saturated carbocycles. The summed E-state index contributed by atoms with van der Waals surface area (Å²) in [6, 6.07) is 2.58. The zero-order valence-electron chi connectivity index (χ0n) is 11.6. The van der Waals surface area contributed by atoms with Gasteiger partial charge in [0.2, 0.25) is 0 Å². The topological polar surface area (TPSA) is 29.9 Å². The van der Waals surface area contributed by atoms with Gasteiger partial charge in [-0.3, -0.25) is 0 Å². The van der Waals surface area contributed by atoms with Crippen molar-refractivity contribution >= 4 is 27.3 Å². The summed E-state index contributed by atoms with van der Waals surface area (Å²) in [6.07, 6.45) is 5.72. The molecule has 2 heterocycles. The van der Waals surface area contributed by atoms with Crippen LogP contribution in [0, 0.1) is 5.41 Å². The second-order valence-corrected chi connectivity index (χ2v) is 8.11. The zero-order chi connectivity index (χ0) is 13.9. The quantitative estimate of drug-likeness (QED) is 0.893. The van der Waals surface area contributed by atoms with Crippen molar-refractivity contribution in [3.05, 3.63) is 39.5 Å². The molecule has 0 bridgehead atoms. The van der Waals surface area contributed by atoms with Gasteiger partial charge in [0.25, 0.3) is 0 Å². The van der Waals surface area contributed by atoms with Crippen molar-refractivity contribution in [2.24, 2.45) is 5.41 Å². The minimum Gasteiger partial charge on any atom is -0.336 e. The molecule has 5 heteroatoms. The molecule has 0 fully saturated rings. The number of hydrogen-bond acceptors (Lipinski definition) is 3. The van der Waals surface area contributed by atoms with Gasteiger partial charge in [-0.15, -0.1) is 11.3 Å². The fraction of sp³-hybridized carbons (Fsp3) is 0.500. The van der Waals surface area contributed by atoms with E-state index in [4.69, 9.17) is 0 Å². The molecule has 0 radical (unpaired) electrons. The van der Waals surface area contributed by atoms with E-state index >= 15 is 0 Å². The summed E-state index contributed by atoms with van der Waals surface area (Å²) in [5.74, 6) is 0. The van der Waals surface area contributed by atoms with E-state index in [1.165, 1.54) is 9.35 Å². The SMILES string of the molecule is CC(C)(C)C(Cn1ccnc1)NCc1csc(Br)c1. The van der Waals surface area contributed by atoms with Gasteiger partial charge in [-0.25, -0.2) is 4.98 Å². The van der Waals surface area contributed by atoms with Crippen LogP contribution in [0.25, 0.3) is 0 Å². The van der Waals surface area contributed by atoms with Gasteiger partial charge in [0.05, 0.1) is 10.1 Å². The molecule has 104 valence electrons. The molecular formula is C14H20BrN3S. The van der Waals surface area contributed by atoms with E-state index in [0.717, 1.165) is 13.1 Å². The predicted molar refractivity (Wildman–Crippen MR) is 84.3 cm³/mol. The fourth-order valence-corrected chi connectivity index (χ4v) is 3.14. The van der Waals surface area contributed by atoms with E-state index in [-0.39, 0.29) is 5.41 Å². The first kappa shape index (κ1) is 14.8. The Morgan fingerprint density at radius 3 is 2.79 bits per heavy atom. The van der Waals surface area contributed by atoms with Crippen molar-refractivity contribution in [1.29, 1.82) is 0 Å². The first-order chi connectivity index (χ1) is 8.95. The molecule has 1 N–H and O–H groups in total. The molecule has 3 nitrogen and oxygen atoms in total. The van der Waals surface area contributed by atoms with Gasteiger partial charge in [0.1, 0.15) is 0 Å². The second kappa shape index (κ2) is 6.20. The van der Waals surface area contributed by atoms with Gasteiger partial charge in [-0.1, -0.05) is 20.8 Å². The molecular weight excluding hydrogens is 322 g/mol. The van der Waals surface area contributed by atoms with Crippen LogP contribution in [-0.4, -0.2) is 15.6 Å². The van der Waals surface area contributed by atoms with Crippen LogP contribution in [0.4, 0.5) is 0 Å². The Morgan fingerprint density at radius 2 is 2.26 bits per heavy atom. The summed E-state index contributed by atoms with van der Waals surface area (Å²) in [4.78, 5) is 4.11. The molecule has 2 aromatic heterocycles. The smallest absolute Gasteiger partial charge is 0.0946 e. The number of halogens is 1. The molecule has 0 aliphatic heterocycles. The first-order valence-electron chi connectivity index (χ1n) is 6.37. The molecule has 0 spiro atoms. The van der Waals surface area contributed by atoms with Gasteiger partial charge in [-0.05, 0) is 38.4 Å². The number of thiophene rings is 1. The summed E-state index contributed by atoms with van der Waals surface area (Å²) in [5, 5.41) is 5.85. The lowest BCUT2D eigenvalue weighted by molar-refractivity contribution is 0.240. The van der Waals surface area contributed by atoms with Crippen molar-refractivity contribution in [1.82, 2.24) is 14.9 Å². The number of rotatable bonds is 5. The maximum absolute atomic E-state index is 4.11. The Hall–Kier alpha value is -0.650. The van der Waals surface area contributed by atoms with Crippen LogP contribution in [0.2, 0.25) is 0 Å². The highest BCUT2D eigenvalue weighted by molar-refractivity contribution is 9.11. The van der Waals surface area contributed by atoms with Crippen LogP contribution in [0.5, 0.6) is 0 Å². The van der Waals surface area contributed by atoms with E-state index in [9.17, 15) is 0 Å². The van der Waals surface area contributed by atoms with Gasteiger partial charge in [0.15, 0.2) is 0 Å². The van der Waals surface area contributed by atoms with Crippen LogP contribution in [0.3, 0.4) is 0 Å². The lowest BCUT2D eigenvalue weighted by Gasteiger charge is -2.32. The summed E-state index contributed by atoms with van der Waals surface area (Å²) < 4.78 is 3.32. The normalized spacial score (nSPS) is 13.7. The highest BCUT2D eigenvalue weighted by Gasteiger charge is 2.24. The molecule has 1 unspecified atom stereocenters. The van der Waals surface area contributed by atoms with Gasteiger partial charge in [0, 0.05) is 31.5 Å². The minimum atomic E-state index is 0.206. The van der Waals surface area contributed by atoms with Crippen molar-refractivity contribution in [3.8, 4) is 0 Å². The Morgan fingerprint density at radius 1 is 1.47 bits per heavy atom. The summed E-state index contributed by atoms with van der Waals surface area (Å²) in [7, 11) is 0. The Labute approximate surface area is 127 Å². The molecule has 0 aromatic carbocycles. The first-order valence-corrected chi connectivity index (χ1v) is 8.04. The summed E-state index contributed by atoms with van der Waals surface area (Å²) >= 11 is 5.24. The Bertz CT molecular complexity index is 499. The highest BCUT2D eigenvalue weighted by atomic mass is 79.9. The highest BCUT2D eigenvalue weighted by Crippen LogP contribution is 2.23. The van der Waals surface area contributed by atoms with Crippen LogP contribution in [0.15, 0.2) is 34.0 Å². The molecule has 2 aromatic rings. The van der Waals surface area contributed by atoms with Crippen molar-refractivity contribution in [3.63, 3.8) is 0 Å². The molecule has 0 aliphatic rings. The van der Waals surface area contributed by atoms with E-state index < -0.39 is 0 Å². The molecule has 2 rings (SSSR count). The number of hydrogen-bond donors (Lipinski definition) is 1. The third kappa shape index (κ3) is 4.44. The van der Waals surface area contributed by atoms with Gasteiger partial charge >= 0.3 is 0 Å². The standard InChI is InChI=1S/C14H20BrN3S/c1-14(2,3)12(8-18-5-4-16-10-18)17-7-11-6-13(15)19-9-11/h4-6,9-10,12,17H,7-8H2,1-3H3. The van der Waals surface area contributed by atoms with Crippen LogP contribution in [-0.2, 0) is 13.1 Å². The molecule has 0 aliphatic carbocycles. The second-order valence-electron chi connectivity index (χ2n) is 5.82. The maximum Gasteiger partial charge on any atom is 0.0946 e. The lowest BCUT2D eigenvalue weighted by atomic mass is 9.86. The third-order valence-electron chi connectivity index (χ3n) is 3.17. The van der Waals surface area contributed by atoms with E-state index in [1.807, 2.05) is 18.7 Å². The van der Waals surface area contributed by atoms with E-state index in [0.29, 0.717) is 6.04 Å². The number of nitrogens with zero attached hydrogens (tertiary/aromatic N) is 2. The minimum absolute atomic E-state index is 0.206. The van der Waals surface area contributed by atoms with Gasteiger partial charge < -0.3 is 9.88 Å².